The highest BCUT2D eigenvalue weighted by molar-refractivity contribution is 4.87. The topological polar surface area (TPSA) is 26.0 Å². The average molecular weight is 223 g/mol. The van der Waals surface area contributed by atoms with Gasteiger partial charge in [0.05, 0.1) is 0 Å². The molecule has 0 saturated heterocycles. The molecule has 1 unspecified atom stereocenters. The van der Waals surface area contributed by atoms with E-state index in [0.717, 1.165) is 11.8 Å². The Balaban J connectivity index is 1.88. The first-order valence-corrected chi connectivity index (χ1v) is 7.33. The van der Waals surface area contributed by atoms with E-state index in [9.17, 15) is 0 Å². The number of hydrogen-bond acceptors (Lipinski definition) is 1. The van der Waals surface area contributed by atoms with Gasteiger partial charge < -0.3 is 5.73 Å². The fourth-order valence-corrected chi connectivity index (χ4v) is 4.06. The second kappa shape index (κ2) is 5.08. The van der Waals surface area contributed by atoms with Crippen molar-refractivity contribution in [1.29, 1.82) is 0 Å². The quantitative estimate of drug-likeness (QED) is 0.765. The molecule has 2 saturated carbocycles. The van der Waals surface area contributed by atoms with Crippen LogP contribution in [0.4, 0.5) is 0 Å². The van der Waals surface area contributed by atoms with Gasteiger partial charge in [0.25, 0.3) is 0 Å². The van der Waals surface area contributed by atoms with E-state index >= 15 is 0 Å². The molecule has 0 amide bonds. The monoisotopic (exact) mass is 223 g/mol. The Morgan fingerprint density at radius 3 is 2.31 bits per heavy atom. The minimum Gasteiger partial charge on any atom is -0.328 e. The first kappa shape index (κ1) is 12.4. The smallest absolute Gasteiger partial charge is 0.00416 e. The standard InChI is InChI=1S/C15H29N/c1-15(2,11-12-6-3-4-7-12)13-8-5-9-14(16)10-13/h12-14H,3-11,16H2,1-2H3/t13-,14?/m1/s1. The van der Waals surface area contributed by atoms with Crippen LogP contribution in [0.1, 0.15) is 71.6 Å². The van der Waals surface area contributed by atoms with Crippen LogP contribution in [0.2, 0.25) is 0 Å². The molecule has 0 heterocycles. The second-order valence-electron chi connectivity index (χ2n) is 6.97. The lowest BCUT2D eigenvalue weighted by Crippen LogP contribution is -2.36. The van der Waals surface area contributed by atoms with E-state index in [0.29, 0.717) is 11.5 Å². The van der Waals surface area contributed by atoms with Crippen LogP contribution in [0.3, 0.4) is 0 Å². The van der Waals surface area contributed by atoms with Gasteiger partial charge in [0.2, 0.25) is 0 Å². The van der Waals surface area contributed by atoms with Crippen LogP contribution in [0.5, 0.6) is 0 Å². The molecule has 0 aromatic heterocycles. The van der Waals surface area contributed by atoms with Crippen molar-refractivity contribution in [3.05, 3.63) is 0 Å². The molecule has 0 aromatic rings. The van der Waals surface area contributed by atoms with Crippen molar-refractivity contribution >= 4 is 0 Å². The summed E-state index contributed by atoms with van der Waals surface area (Å²) < 4.78 is 0. The number of rotatable bonds is 3. The van der Waals surface area contributed by atoms with Crippen LogP contribution in [-0.2, 0) is 0 Å². The molecule has 0 spiro atoms. The maximum atomic E-state index is 6.13. The van der Waals surface area contributed by atoms with Gasteiger partial charge in [-0.2, -0.15) is 0 Å². The molecule has 2 N–H and O–H groups in total. The normalized spacial score (nSPS) is 33.2. The molecule has 2 atom stereocenters. The molecule has 2 fully saturated rings. The summed E-state index contributed by atoms with van der Waals surface area (Å²) in [6.07, 6.45) is 12.7. The third-order valence-corrected chi connectivity index (χ3v) is 5.11. The van der Waals surface area contributed by atoms with Crippen LogP contribution in [0.15, 0.2) is 0 Å². The lowest BCUT2D eigenvalue weighted by atomic mass is 9.66. The predicted octanol–water partition coefficient (Wildman–Crippen LogP) is 4.11. The fourth-order valence-electron chi connectivity index (χ4n) is 4.06. The van der Waals surface area contributed by atoms with Gasteiger partial charge in [-0.25, -0.2) is 0 Å². The molecule has 2 aliphatic carbocycles. The number of nitrogens with two attached hydrogens (primary N) is 1. The molecule has 0 bridgehead atoms. The first-order chi connectivity index (χ1) is 7.58. The SMILES string of the molecule is CC(C)(CC1CCCC1)[C@@H]1CCCC(N)C1. The second-order valence-corrected chi connectivity index (χ2v) is 6.97. The Labute approximate surface area is 101 Å². The maximum absolute atomic E-state index is 6.13. The zero-order valence-corrected chi connectivity index (χ0v) is 11.2. The van der Waals surface area contributed by atoms with Crippen LogP contribution in [0.25, 0.3) is 0 Å². The van der Waals surface area contributed by atoms with Crippen molar-refractivity contribution in [2.24, 2.45) is 23.0 Å². The van der Waals surface area contributed by atoms with Crippen LogP contribution in [0, 0.1) is 17.3 Å². The van der Waals surface area contributed by atoms with Gasteiger partial charge in [0.15, 0.2) is 0 Å². The summed E-state index contributed by atoms with van der Waals surface area (Å²) in [7, 11) is 0. The van der Waals surface area contributed by atoms with Gasteiger partial charge in [-0.15, -0.1) is 0 Å². The summed E-state index contributed by atoms with van der Waals surface area (Å²) in [5.74, 6) is 1.91. The van der Waals surface area contributed by atoms with Gasteiger partial charge >= 0.3 is 0 Å². The van der Waals surface area contributed by atoms with E-state index in [1.54, 1.807) is 0 Å². The van der Waals surface area contributed by atoms with E-state index in [1.807, 2.05) is 0 Å². The Morgan fingerprint density at radius 2 is 1.69 bits per heavy atom. The molecule has 94 valence electrons. The highest BCUT2D eigenvalue weighted by atomic mass is 14.6. The van der Waals surface area contributed by atoms with Crippen LogP contribution < -0.4 is 5.73 Å². The van der Waals surface area contributed by atoms with Gasteiger partial charge in [-0.05, 0) is 42.9 Å². The summed E-state index contributed by atoms with van der Waals surface area (Å²) in [6.45, 7) is 4.99. The Morgan fingerprint density at radius 1 is 1.00 bits per heavy atom. The molecule has 0 radical (unpaired) electrons. The third kappa shape index (κ3) is 3.00. The van der Waals surface area contributed by atoms with Crippen LogP contribution >= 0.6 is 0 Å². The molecule has 1 heteroatoms. The summed E-state index contributed by atoms with van der Waals surface area (Å²) >= 11 is 0. The largest absolute Gasteiger partial charge is 0.328 e. The average Bonchev–Trinajstić information content (AvgIpc) is 2.70. The fraction of sp³-hybridized carbons (Fsp3) is 1.00. The van der Waals surface area contributed by atoms with Crippen molar-refractivity contribution in [1.82, 2.24) is 0 Å². The van der Waals surface area contributed by atoms with E-state index < -0.39 is 0 Å². The lowest BCUT2D eigenvalue weighted by molar-refractivity contribution is 0.114. The molecule has 2 aliphatic rings. The Hall–Kier alpha value is -0.0400. The third-order valence-electron chi connectivity index (χ3n) is 5.11. The molecule has 2 rings (SSSR count). The van der Waals surface area contributed by atoms with Crippen molar-refractivity contribution in [3.63, 3.8) is 0 Å². The van der Waals surface area contributed by atoms with Gasteiger partial charge in [0.1, 0.15) is 0 Å². The molecular weight excluding hydrogens is 194 g/mol. The highest BCUT2D eigenvalue weighted by Gasteiger charge is 2.35. The Kier molecular flexibility index (Phi) is 3.94. The Bertz CT molecular complexity index is 215. The molecule has 1 nitrogen and oxygen atoms in total. The van der Waals surface area contributed by atoms with Gasteiger partial charge in [-0.3, -0.25) is 0 Å². The minimum absolute atomic E-state index is 0.488. The molecule has 0 aromatic carbocycles. The summed E-state index contributed by atoms with van der Waals surface area (Å²) in [4.78, 5) is 0. The van der Waals surface area contributed by atoms with Gasteiger partial charge in [0, 0.05) is 6.04 Å². The summed E-state index contributed by atoms with van der Waals surface area (Å²) in [5.41, 5.74) is 6.66. The van der Waals surface area contributed by atoms with Crippen molar-refractivity contribution < 1.29 is 0 Å². The molecule has 0 aliphatic heterocycles. The maximum Gasteiger partial charge on any atom is 0.00416 e. The zero-order valence-electron chi connectivity index (χ0n) is 11.2. The zero-order chi connectivity index (χ0) is 11.6. The minimum atomic E-state index is 0.488. The lowest BCUT2D eigenvalue weighted by Gasteiger charge is -2.40. The summed E-state index contributed by atoms with van der Waals surface area (Å²) in [6, 6.07) is 0.488. The molecular formula is C15H29N. The van der Waals surface area contributed by atoms with E-state index in [2.05, 4.69) is 13.8 Å². The predicted molar refractivity (Wildman–Crippen MR) is 70.3 cm³/mol. The van der Waals surface area contributed by atoms with Crippen molar-refractivity contribution in [2.75, 3.05) is 0 Å². The van der Waals surface area contributed by atoms with E-state index in [1.165, 1.54) is 57.8 Å². The van der Waals surface area contributed by atoms with E-state index in [4.69, 9.17) is 5.73 Å². The number of hydrogen-bond donors (Lipinski definition) is 1. The first-order valence-electron chi connectivity index (χ1n) is 7.33. The van der Waals surface area contributed by atoms with Crippen molar-refractivity contribution in [3.8, 4) is 0 Å². The molecule has 16 heavy (non-hydrogen) atoms. The summed E-state index contributed by atoms with van der Waals surface area (Å²) in [5, 5.41) is 0. The van der Waals surface area contributed by atoms with Gasteiger partial charge in [-0.1, -0.05) is 46.0 Å². The van der Waals surface area contributed by atoms with Crippen LogP contribution in [-0.4, -0.2) is 6.04 Å². The highest BCUT2D eigenvalue weighted by Crippen LogP contribution is 2.44. The van der Waals surface area contributed by atoms with Crippen molar-refractivity contribution in [2.45, 2.75) is 77.7 Å². The van der Waals surface area contributed by atoms with E-state index in [-0.39, 0.29) is 0 Å².